The number of hydrogen-bond donors (Lipinski definition) is 1. The summed E-state index contributed by atoms with van der Waals surface area (Å²) >= 11 is 6.53. The Balaban J connectivity index is 2.09. The summed E-state index contributed by atoms with van der Waals surface area (Å²) in [6, 6.07) is 12.0. The molecule has 3 rings (SSSR count). The van der Waals surface area contributed by atoms with Gasteiger partial charge in [0.25, 0.3) is 0 Å². The van der Waals surface area contributed by atoms with E-state index < -0.39 is 60.7 Å². The average molecular weight is 607 g/mol. The molecule has 42 heavy (non-hydrogen) atoms. The Morgan fingerprint density at radius 3 is 2.02 bits per heavy atom. The topological polar surface area (TPSA) is 144 Å². The molecule has 0 spiro atoms. The van der Waals surface area contributed by atoms with Crippen molar-refractivity contribution in [3.05, 3.63) is 64.2 Å². The molecule has 228 valence electrons. The van der Waals surface area contributed by atoms with Crippen molar-refractivity contribution >= 4 is 35.5 Å². The third-order valence-corrected chi connectivity index (χ3v) is 6.57. The van der Waals surface area contributed by atoms with Crippen LogP contribution in [0.15, 0.2) is 42.5 Å². The maximum atomic E-state index is 12.2. The number of halogens is 1. The van der Waals surface area contributed by atoms with E-state index in [9.17, 15) is 24.3 Å². The Kier molecular flexibility index (Phi) is 10.9. The van der Waals surface area contributed by atoms with Crippen LogP contribution in [0.2, 0.25) is 5.02 Å². The minimum atomic E-state index is -2.46. The molecule has 2 aromatic carbocycles. The zero-order chi connectivity index (χ0) is 31.2. The summed E-state index contributed by atoms with van der Waals surface area (Å²) in [7, 11) is 0. The van der Waals surface area contributed by atoms with Gasteiger partial charge in [-0.1, -0.05) is 29.8 Å². The molecule has 1 heterocycles. The van der Waals surface area contributed by atoms with E-state index in [0.29, 0.717) is 22.8 Å². The summed E-state index contributed by atoms with van der Waals surface area (Å²) < 4.78 is 33.1. The third-order valence-electron chi connectivity index (χ3n) is 6.20. The van der Waals surface area contributed by atoms with Crippen molar-refractivity contribution in [1.82, 2.24) is 0 Å². The minimum Gasteiger partial charge on any atom is -0.491 e. The molecule has 0 amide bonds. The average Bonchev–Trinajstić information content (AvgIpc) is 2.88. The van der Waals surface area contributed by atoms with Gasteiger partial charge in [-0.05, 0) is 55.7 Å². The third kappa shape index (κ3) is 8.43. The fourth-order valence-corrected chi connectivity index (χ4v) is 4.81. The predicted octanol–water partition coefficient (Wildman–Crippen LogP) is 3.62. The van der Waals surface area contributed by atoms with Crippen LogP contribution in [-0.2, 0) is 55.1 Å². The number of aliphatic hydroxyl groups is 1. The van der Waals surface area contributed by atoms with Gasteiger partial charge in [-0.3, -0.25) is 19.2 Å². The second-order valence-electron chi connectivity index (χ2n) is 10.1. The number of carbonyl (C=O) groups is 4. The van der Waals surface area contributed by atoms with Crippen LogP contribution in [0.4, 0.5) is 0 Å². The smallest absolute Gasteiger partial charge is 0.303 e. The first-order valence-electron chi connectivity index (χ1n) is 13.3. The van der Waals surface area contributed by atoms with Gasteiger partial charge in [0, 0.05) is 38.3 Å². The van der Waals surface area contributed by atoms with Crippen LogP contribution in [0.1, 0.15) is 58.2 Å². The molecule has 1 aliphatic heterocycles. The maximum absolute atomic E-state index is 12.2. The first-order chi connectivity index (χ1) is 19.7. The van der Waals surface area contributed by atoms with Crippen LogP contribution in [0.3, 0.4) is 0 Å². The highest BCUT2D eigenvalue weighted by Crippen LogP contribution is 2.42. The van der Waals surface area contributed by atoms with E-state index in [1.54, 1.807) is 6.07 Å². The molecule has 1 saturated heterocycles. The largest absolute Gasteiger partial charge is 0.491 e. The van der Waals surface area contributed by atoms with Gasteiger partial charge in [-0.15, -0.1) is 0 Å². The molecule has 0 unspecified atom stereocenters. The summed E-state index contributed by atoms with van der Waals surface area (Å²) in [4.78, 5) is 48.0. The fraction of sp³-hybridized carbons (Fsp3) is 0.467. The summed E-state index contributed by atoms with van der Waals surface area (Å²) in [5.74, 6) is -4.85. The molecule has 1 N–H and O–H groups in total. The summed E-state index contributed by atoms with van der Waals surface area (Å²) in [5.41, 5.74) is 1.57. The van der Waals surface area contributed by atoms with Crippen LogP contribution in [0.25, 0.3) is 0 Å². The van der Waals surface area contributed by atoms with E-state index in [1.165, 1.54) is 12.1 Å². The molecule has 0 bridgehead atoms. The van der Waals surface area contributed by atoms with Gasteiger partial charge in [0.05, 0.1) is 6.10 Å². The van der Waals surface area contributed by atoms with E-state index in [-0.39, 0.29) is 11.7 Å². The lowest BCUT2D eigenvalue weighted by Crippen LogP contribution is -2.66. The standard InChI is InChI=1S/C30H35ClO11/c1-16(2)38-24-10-7-21(8-11-24)13-22-14-23(9-12-25(22)31)30(36)29(41-20(6)35)28(40-19(5)34)27(39-18(4)33)26(42-30)15-37-17(3)32/h7-12,14,16,26-29,36H,13,15H2,1-6H3/t26-,27-,28+,29-,30+/m1/s1. The molecule has 12 heteroatoms. The molecule has 1 fully saturated rings. The quantitative estimate of drug-likeness (QED) is 0.313. The molecular formula is C30H35ClO11. The van der Waals surface area contributed by atoms with Crippen molar-refractivity contribution in [1.29, 1.82) is 0 Å². The van der Waals surface area contributed by atoms with E-state index in [4.69, 9.17) is 40.0 Å². The highest BCUT2D eigenvalue weighted by Gasteiger charge is 2.60. The van der Waals surface area contributed by atoms with Crippen molar-refractivity contribution in [3.63, 3.8) is 0 Å². The lowest BCUT2D eigenvalue weighted by molar-refractivity contribution is -0.360. The fourth-order valence-electron chi connectivity index (χ4n) is 4.62. The monoisotopic (exact) mass is 606 g/mol. The molecule has 0 saturated carbocycles. The maximum Gasteiger partial charge on any atom is 0.303 e. The second kappa shape index (κ2) is 14.0. The van der Waals surface area contributed by atoms with Crippen molar-refractivity contribution in [3.8, 4) is 5.75 Å². The number of hydrogen-bond acceptors (Lipinski definition) is 11. The molecular weight excluding hydrogens is 572 g/mol. The van der Waals surface area contributed by atoms with Gasteiger partial charge < -0.3 is 33.5 Å². The van der Waals surface area contributed by atoms with Crippen LogP contribution in [0.5, 0.6) is 5.75 Å². The first kappa shape index (κ1) is 32.8. The van der Waals surface area contributed by atoms with E-state index in [0.717, 1.165) is 33.3 Å². The Morgan fingerprint density at radius 1 is 0.881 bits per heavy atom. The SMILES string of the molecule is CC(=O)OC[C@H]1O[C@@](O)(c2ccc(Cl)c(Cc3ccc(OC(C)C)cc3)c2)[C@H](OC(C)=O)[C@@H](OC(C)=O)[C@@H]1OC(C)=O. The molecule has 2 aromatic rings. The van der Waals surface area contributed by atoms with Gasteiger partial charge in [0.2, 0.25) is 11.9 Å². The second-order valence-corrected chi connectivity index (χ2v) is 10.5. The Hall–Kier alpha value is -3.67. The summed E-state index contributed by atoms with van der Waals surface area (Å²) in [6.07, 6.45) is -5.60. The van der Waals surface area contributed by atoms with E-state index in [1.807, 2.05) is 38.1 Å². The normalized spacial score (nSPS) is 23.5. The van der Waals surface area contributed by atoms with E-state index in [2.05, 4.69) is 0 Å². The highest BCUT2D eigenvalue weighted by atomic mass is 35.5. The van der Waals surface area contributed by atoms with Crippen molar-refractivity contribution < 1.29 is 52.7 Å². The van der Waals surface area contributed by atoms with Crippen molar-refractivity contribution in [2.75, 3.05) is 6.61 Å². The van der Waals surface area contributed by atoms with Gasteiger partial charge >= 0.3 is 23.9 Å². The minimum absolute atomic E-state index is 0.0179. The number of ether oxygens (including phenoxy) is 6. The Labute approximate surface area is 248 Å². The van der Waals surface area contributed by atoms with Gasteiger partial charge in [0.1, 0.15) is 18.5 Å². The molecule has 11 nitrogen and oxygen atoms in total. The van der Waals surface area contributed by atoms with Crippen molar-refractivity contribution in [2.24, 2.45) is 0 Å². The lowest BCUT2D eigenvalue weighted by atomic mass is 9.86. The van der Waals surface area contributed by atoms with Gasteiger partial charge in [-0.25, -0.2) is 0 Å². The zero-order valence-corrected chi connectivity index (χ0v) is 25.0. The zero-order valence-electron chi connectivity index (χ0n) is 24.3. The summed E-state index contributed by atoms with van der Waals surface area (Å²) in [5, 5.41) is 12.5. The number of rotatable bonds is 10. The summed E-state index contributed by atoms with van der Waals surface area (Å²) in [6.45, 7) is 7.84. The number of benzene rings is 2. The van der Waals surface area contributed by atoms with Crippen LogP contribution < -0.4 is 4.74 Å². The first-order valence-corrected chi connectivity index (χ1v) is 13.7. The van der Waals surface area contributed by atoms with Crippen molar-refractivity contribution in [2.45, 2.75) is 84.3 Å². The Morgan fingerprint density at radius 2 is 1.48 bits per heavy atom. The van der Waals surface area contributed by atoms with Crippen LogP contribution in [-0.4, -0.2) is 66.1 Å². The molecule has 0 aromatic heterocycles. The Bertz CT molecular complexity index is 1290. The molecule has 0 radical (unpaired) electrons. The molecule has 5 atom stereocenters. The molecule has 1 aliphatic rings. The molecule has 0 aliphatic carbocycles. The van der Waals surface area contributed by atoms with Crippen LogP contribution >= 0.6 is 11.6 Å². The lowest BCUT2D eigenvalue weighted by Gasteiger charge is -2.48. The van der Waals surface area contributed by atoms with Gasteiger partial charge in [-0.2, -0.15) is 0 Å². The number of esters is 4. The highest BCUT2D eigenvalue weighted by molar-refractivity contribution is 6.31. The predicted molar refractivity (Wildman–Crippen MR) is 149 cm³/mol. The van der Waals surface area contributed by atoms with Crippen LogP contribution in [0, 0.1) is 0 Å². The van der Waals surface area contributed by atoms with E-state index >= 15 is 0 Å². The van der Waals surface area contributed by atoms with Gasteiger partial charge in [0.15, 0.2) is 12.2 Å². The number of carbonyl (C=O) groups excluding carboxylic acids is 4.